The summed E-state index contributed by atoms with van der Waals surface area (Å²) in [5, 5.41) is 2.81. The van der Waals surface area contributed by atoms with Crippen LogP contribution >= 0.6 is 0 Å². The summed E-state index contributed by atoms with van der Waals surface area (Å²) in [5.41, 5.74) is 0.438. The van der Waals surface area contributed by atoms with Crippen molar-refractivity contribution in [2.45, 2.75) is 43.3 Å². The van der Waals surface area contributed by atoms with Gasteiger partial charge in [-0.25, -0.2) is 8.42 Å². The molecule has 0 radical (unpaired) electrons. The van der Waals surface area contributed by atoms with Crippen molar-refractivity contribution in [2.24, 2.45) is 0 Å². The van der Waals surface area contributed by atoms with Crippen LogP contribution in [-0.4, -0.2) is 57.8 Å². The Hall–Kier alpha value is -1.48. The molecule has 2 saturated heterocycles. The Labute approximate surface area is 154 Å². The van der Waals surface area contributed by atoms with Crippen molar-refractivity contribution in [1.82, 2.24) is 9.62 Å². The summed E-state index contributed by atoms with van der Waals surface area (Å²) < 4.78 is 37.6. The molecule has 0 bridgehead atoms. The van der Waals surface area contributed by atoms with Gasteiger partial charge in [-0.3, -0.25) is 4.79 Å². The van der Waals surface area contributed by atoms with Crippen LogP contribution in [0.15, 0.2) is 29.2 Å². The highest BCUT2D eigenvalue weighted by Crippen LogP contribution is 2.20. The molecule has 0 spiro atoms. The van der Waals surface area contributed by atoms with Gasteiger partial charge in [0.2, 0.25) is 10.0 Å². The highest BCUT2D eigenvalue weighted by atomic mass is 32.2. The van der Waals surface area contributed by atoms with Gasteiger partial charge in [0.1, 0.15) is 0 Å². The van der Waals surface area contributed by atoms with Crippen LogP contribution in [0.4, 0.5) is 0 Å². The lowest BCUT2D eigenvalue weighted by Gasteiger charge is -2.25. The first kappa shape index (κ1) is 19.3. The summed E-state index contributed by atoms with van der Waals surface area (Å²) in [7, 11) is -3.47. The van der Waals surface area contributed by atoms with Gasteiger partial charge in [0, 0.05) is 31.6 Å². The summed E-state index contributed by atoms with van der Waals surface area (Å²) in [6, 6.07) is 6.12. The SMILES string of the molecule is O=C(NCCC1OCCCO1)c1ccc(S(=O)(=O)N2CCCCC2)cc1. The molecular formula is C18H26N2O5S. The predicted molar refractivity (Wildman–Crippen MR) is 96.3 cm³/mol. The van der Waals surface area contributed by atoms with E-state index in [4.69, 9.17) is 9.47 Å². The first-order valence-electron chi connectivity index (χ1n) is 9.19. The maximum Gasteiger partial charge on any atom is 0.251 e. The summed E-state index contributed by atoms with van der Waals surface area (Å²) in [5.74, 6) is -0.234. The van der Waals surface area contributed by atoms with Crippen molar-refractivity contribution < 1.29 is 22.7 Å². The molecule has 2 fully saturated rings. The van der Waals surface area contributed by atoms with Crippen LogP contribution in [-0.2, 0) is 19.5 Å². The fourth-order valence-corrected chi connectivity index (χ4v) is 4.66. The Kier molecular flexibility index (Phi) is 6.63. The lowest BCUT2D eigenvalue weighted by molar-refractivity contribution is -0.180. The van der Waals surface area contributed by atoms with Gasteiger partial charge in [0.05, 0.1) is 18.1 Å². The standard InChI is InChI=1S/C18H26N2O5S/c21-18(19-10-9-17-24-13-4-14-25-17)15-5-7-16(8-6-15)26(22,23)20-11-2-1-3-12-20/h5-8,17H,1-4,9-14H2,(H,19,21). The molecule has 2 heterocycles. The number of rotatable bonds is 6. The fraction of sp³-hybridized carbons (Fsp3) is 0.611. The van der Waals surface area contributed by atoms with E-state index in [1.165, 1.54) is 16.4 Å². The molecule has 0 aliphatic carbocycles. The summed E-state index contributed by atoms with van der Waals surface area (Å²) >= 11 is 0. The van der Waals surface area contributed by atoms with Gasteiger partial charge in [-0.1, -0.05) is 6.42 Å². The minimum Gasteiger partial charge on any atom is -0.353 e. The van der Waals surface area contributed by atoms with Crippen molar-refractivity contribution in [3.63, 3.8) is 0 Å². The van der Waals surface area contributed by atoms with Crippen molar-refractivity contribution >= 4 is 15.9 Å². The highest BCUT2D eigenvalue weighted by Gasteiger charge is 2.26. The highest BCUT2D eigenvalue weighted by molar-refractivity contribution is 7.89. The zero-order chi connectivity index (χ0) is 18.4. The number of piperidine rings is 1. The van der Waals surface area contributed by atoms with Gasteiger partial charge in [-0.05, 0) is 43.5 Å². The lowest BCUT2D eigenvalue weighted by Crippen LogP contribution is -2.35. The van der Waals surface area contributed by atoms with Gasteiger partial charge in [-0.2, -0.15) is 4.31 Å². The van der Waals surface area contributed by atoms with Crippen LogP contribution in [0.1, 0.15) is 42.5 Å². The van der Waals surface area contributed by atoms with Crippen molar-refractivity contribution in [2.75, 3.05) is 32.8 Å². The largest absolute Gasteiger partial charge is 0.353 e. The molecule has 0 saturated carbocycles. The molecular weight excluding hydrogens is 356 g/mol. The van der Waals surface area contributed by atoms with Gasteiger partial charge < -0.3 is 14.8 Å². The van der Waals surface area contributed by atoms with Crippen LogP contribution < -0.4 is 5.32 Å². The van der Waals surface area contributed by atoms with Crippen molar-refractivity contribution in [3.8, 4) is 0 Å². The van der Waals surface area contributed by atoms with Crippen LogP contribution in [0.3, 0.4) is 0 Å². The minimum absolute atomic E-state index is 0.234. The number of carbonyl (C=O) groups is 1. The number of sulfonamides is 1. The molecule has 1 aromatic carbocycles. The Morgan fingerprint density at radius 3 is 2.35 bits per heavy atom. The minimum atomic E-state index is -3.47. The molecule has 26 heavy (non-hydrogen) atoms. The molecule has 1 aromatic rings. The van der Waals surface area contributed by atoms with Crippen molar-refractivity contribution in [1.29, 1.82) is 0 Å². The van der Waals surface area contributed by atoms with E-state index in [1.54, 1.807) is 12.1 Å². The summed E-state index contributed by atoms with van der Waals surface area (Å²) in [6.45, 7) is 2.94. The zero-order valence-corrected chi connectivity index (χ0v) is 15.7. The van der Waals surface area contributed by atoms with E-state index in [1.807, 2.05) is 0 Å². The Balaban J connectivity index is 1.53. The number of hydrogen-bond acceptors (Lipinski definition) is 5. The summed E-state index contributed by atoms with van der Waals surface area (Å²) in [6.07, 6.45) is 4.09. The van der Waals surface area contributed by atoms with E-state index < -0.39 is 10.0 Å². The topological polar surface area (TPSA) is 84.9 Å². The average molecular weight is 382 g/mol. The number of benzene rings is 1. The molecule has 0 aromatic heterocycles. The van der Waals surface area contributed by atoms with Gasteiger partial charge in [-0.15, -0.1) is 0 Å². The van der Waals surface area contributed by atoms with Crippen LogP contribution in [0.25, 0.3) is 0 Å². The second-order valence-electron chi connectivity index (χ2n) is 6.56. The van der Waals surface area contributed by atoms with Gasteiger partial charge in [0.25, 0.3) is 5.91 Å². The van der Waals surface area contributed by atoms with E-state index in [9.17, 15) is 13.2 Å². The van der Waals surface area contributed by atoms with E-state index >= 15 is 0 Å². The lowest BCUT2D eigenvalue weighted by atomic mass is 10.2. The van der Waals surface area contributed by atoms with E-state index in [0.29, 0.717) is 44.8 Å². The molecule has 2 aliphatic rings. The third-order valence-corrected chi connectivity index (χ3v) is 6.54. The molecule has 3 rings (SSSR count). The fourth-order valence-electron chi connectivity index (χ4n) is 3.14. The first-order chi connectivity index (χ1) is 12.6. The quantitative estimate of drug-likeness (QED) is 0.810. The molecule has 1 amide bonds. The molecule has 2 aliphatic heterocycles. The molecule has 1 N–H and O–H groups in total. The third kappa shape index (κ3) is 4.82. The third-order valence-electron chi connectivity index (χ3n) is 4.63. The second-order valence-corrected chi connectivity index (χ2v) is 8.50. The molecule has 0 atom stereocenters. The molecule has 8 heteroatoms. The normalized spacial score (nSPS) is 20.0. The Morgan fingerprint density at radius 2 is 1.69 bits per heavy atom. The molecule has 7 nitrogen and oxygen atoms in total. The number of nitrogens with one attached hydrogen (secondary N) is 1. The number of nitrogens with zero attached hydrogens (tertiary/aromatic N) is 1. The van der Waals surface area contributed by atoms with Crippen LogP contribution in [0, 0.1) is 0 Å². The Bertz CT molecular complexity index is 693. The number of ether oxygens (including phenoxy) is 2. The van der Waals surface area contributed by atoms with Crippen molar-refractivity contribution in [3.05, 3.63) is 29.8 Å². The maximum absolute atomic E-state index is 12.6. The van der Waals surface area contributed by atoms with E-state index in [0.717, 1.165) is 25.7 Å². The van der Waals surface area contributed by atoms with Crippen LogP contribution in [0.5, 0.6) is 0 Å². The van der Waals surface area contributed by atoms with E-state index in [2.05, 4.69) is 5.32 Å². The number of amides is 1. The predicted octanol–water partition coefficient (Wildman–Crippen LogP) is 1.74. The molecule has 144 valence electrons. The number of carbonyl (C=O) groups excluding carboxylic acids is 1. The Morgan fingerprint density at radius 1 is 1.04 bits per heavy atom. The second kappa shape index (κ2) is 8.94. The zero-order valence-electron chi connectivity index (χ0n) is 14.9. The average Bonchev–Trinajstić information content (AvgIpc) is 2.69. The van der Waals surface area contributed by atoms with Gasteiger partial charge in [0.15, 0.2) is 6.29 Å². The van der Waals surface area contributed by atoms with E-state index in [-0.39, 0.29) is 17.1 Å². The van der Waals surface area contributed by atoms with Crippen LogP contribution in [0.2, 0.25) is 0 Å². The monoisotopic (exact) mass is 382 g/mol. The van der Waals surface area contributed by atoms with Gasteiger partial charge >= 0.3 is 0 Å². The smallest absolute Gasteiger partial charge is 0.251 e. The number of hydrogen-bond donors (Lipinski definition) is 1. The summed E-state index contributed by atoms with van der Waals surface area (Å²) in [4.78, 5) is 12.4. The maximum atomic E-state index is 12.6. The molecule has 0 unspecified atom stereocenters. The first-order valence-corrected chi connectivity index (χ1v) is 10.6.